The number of likely N-dealkylation sites (tertiary alicyclic amines) is 2. The quantitative estimate of drug-likeness (QED) is 0.807. The van der Waals surface area contributed by atoms with E-state index in [9.17, 15) is 9.18 Å². The number of thiazole rings is 1. The molecule has 3 atom stereocenters. The van der Waals surface area contributed by atoms with Crippen LogP contribution in [0.5, 0.6) is 0 Å². The summed E-state index contributed by atoms with van der Waals surface area (Å²) in [7, 11) is 0. The minimum Gasteiger partial charge on any atom is -0.312 e. The van der Waals surface area contributed by atoms with E-state index in [1.54, 1.807) is 11.3 Å². The van der Waals surface area contributed by atoms with Crippen molar-refractivity contribution < 1.29 is 4.39 Å². The van der Waals surface area contributed by atoms with Crippen LogP contribution in [0.15, 0.2) is 28.5 Å². The maximum absolute atomic E-state index is 13.4. The van der Waals surface area contributed by atoms with E-state index in [0.29, 0.717) is 31.3 Å². The molecule has 144 valence electrons. The monoisotopic (exact) mass is 388 g/mol. The number of fused-ring (bicyclic) bond motifs is 4. The Bertz CT molecular complexity index is 867. The molecule has 5 heterocycles. The third-order valence-corrected chi connectivity index (χ3v) is 6.97. The molecule has 3 aliphatic heterocycles. The van der Waals surface area contributed by atoms with Crippen LogP contribution in [0.1, 0.15) is 35.0 Å². The molecule has 0 unspecified atom stereocenters. The van der Waals surface area contributed by atoms with E-state index in [-0.39, 0.29) is 5.56 Å². The molecule has 7 heteroatoms. The van der Waals surface area contributed by atoms with Gasteiger partial charge >= 0.3 is 0 Å². The van der Waals surface area contributed by atoms with E-state index >= 15 is 0 Å². The highest BCUT2D eigenvalue weighted by atomic mass is 32.1. The summed E-state index contributed by atoms with van der Waals surface area (Å²) in [5, 5.41) is 3.20. The molecule has 3 aliphatic rings. The summed E-state index contributed by atoms with van der Waals surface area (Å²) in [5.41, 5.74) is 2.12. The summed E-state index contributed by atoms with van der Waals surface area (Å²) in [6, 6.07) is 4.13. The zero-order valence-corrected chi connectivity index (χ0v) is 16.2. The first kappa shape index (κ1) is 17.5. The van der Waals surface area contributed by atoms with Gasteiger partial charge in [0.15, 0.2) is 0 Å². The Hall–Kier alpha value is -1.57. The van der Waals surface area contributed by atoms with E-state index in [2.05, 4.69) is 20.9 Å². The Labute approximate surface area is 162 Å². The molecule has 2 aromatic heterocycles. The second-order valence-electron chi connectivity index (χ2n) is 8.24. The highest BCUT2D eigenvalue weighted by molar-refractivity contribution is 7.09. The fraction of sp³-hybridized carbons (Fsp3) is 0.600. The van der Waals surface area contributed by atoms with Crippen molar-refractivity contribution >= 4 is 11.3 Å². The molecule has 5 nitrogen and oxygen atoms in total. The minimum atomic E-state index is -0.742. The highest BCUT2D eigenvalue weighted by Crippen LogP contribution is 2.35. The second kappa shape index (κ2) is 7.11. The molecule has 2 saturated heterocycles. The number of hydrogen-bond acceptors (Lipinski definition) is 5. The molecule has 0 amide bonds. The summed E-state index contributed by atoms with van der Waals surface area (Å²) in [6.07, 6.45) is 2.88. The Morgan fingerprint density at radius 1 is 1.15 bits per heavy atom. The lowest BCUT2D eigenvalue weighted by atomic mass is 9.83. The Kier molecular flexibility index (Phi) is 4.61. The van der Waals surface area contributed by atoms with Crippen LogP contribution >= 0.6 is 11.3 Å². The van der Waals surface area contributed by atoms with Gasteiger partial charge in [-0.1, -0.05) is 6.07 Å². The Balaban J connectivity index is 1.35. The van der Waals surface area contributed by atoms with Gasteiger partial charge in [-0.05, 0) is 24.8 Å². The van der Waals surface area contributed by atoms with Crippen molar-refractivity contribution in [2.24, 2.45) is 5.92 Å². The number of alkyl halides is 1. The fourth-order valence-corrected chi connectivity index (χ4v) is 5.69. The lowest BCUT2D eigenvalue weighted by Gasteiger charge is -2.42. The predicted octanol–water partition coefficient (Wildman–Crippen LogP) is 2.47. The molecule has 27 heavy (non-hydrogen) atoms. The van der Waals surface area contributed by atoms with Crippen LogP contribution in [-0.2, 0) is 19.6 Å². The van der Waals surface area contributed by atoms with Gasteiger partial charge in [-0.15, -0.1) is 11.3 Å². The topological polar surface area (TPSA) is 41.4 Å². The molecule has 0 spiro atoms. The van der Waals surface area contributed by atoms with Crippen molar-refractivity contribution in [3.05, 3.63) is 50.3 Å². The van der Waals surface area contributed by atoms with Gasteiger partial charge in [0.25, 0.3) is 5.56 Å². The van der Waals surface area contributed by atoms with Crippen LogP contribution in [-0.4, -0.2) is 51.7 Å². The van der Waals surface area contributed by atoms with Gasteiger partial charge in [-0.2, -0.15) is 0 Å². The minimum absolute atomic E-state index is 0.137. The first-order valence-electron chi connectivity index (χ1n) is 9.85. The summed E-state index contributed by atoms with van der Waals surface area (Å²) in [6.45, 7) is 5.51. The molecule has 0 N–H and O–H groups in total. The number of nitrogens with zero attached hydrogens (tertiary/aromatic N) is 4. The molecule has 2 fully saturated rings. The molecule has 0 aromatic carbocycles. The lowest BCUT2D eigenvalue weighted by Crippen LogP contribution is -2.47. The molecular weight excluding hydrogens is 363 g/mol. The molecule has 2 aromatic rings. The molecular formula is C20H25FN4OS. The van der Waals surface area contributed by atoms with Gasteiger partial charge in [0.05, 0.1) is 6.54 Å². The standard InChI is InChI=1S/C20H25FN4OS/c21-17-3-5-23(12-17)10-15-1-2-18-16-7-14(9-25(18)20(15)26)8-24(11-16)13-19-22-4-6-27-19/h1-2,4,6,14,16-17H,3,5,7-13H2/t14-,16+,17+/m0/s1. The normalized spacial score (nSPS) is 28.4. The summed E-state index contributed by atoms with van der Waals surface area (Å²) in [5.74, 6) is 0.937. The van der Waals surface area contributed by atoms with Crippen molar-refractivity contribution in [2.75, 3.05) is 26.2 Å². The number of hydrogen-bond donors (Lipinski definition) is 0. The van der Waals surface area contributed by atoms with Crippen LogP contribution < -0.4 is 5.56 Å². The van der Waals surface area contributed by atoms with Crippen LogP contribution in [0, 0.1) is 5.92 Å². The van der Waals surface area contributed by atoms with Crippen molar-refractivity contribution in [1.29, 1.82) is 0 Å². The highest BCUT2D eigenvalue weighted by Gasteiger charge is 2.35. The Morgan fingerprint density at radius 2 is 2.07 bits per heavy atom. The average molecular weight is 389 g/mol. The van der Waals surface area contributed by atoms with E-state index < -0.39 is 6.17 Å². The van der Waals surface area contributed by atoms with Gasteiger partial charge in [-0.3, -0.25) is 14.6 Å². The number of aromatic nitrogens is 2. The first-order valence-corrected chi connectivity index (χ1v) is 10.7. The van der Waals surface area contributed by atoms with Crippen LogP contribution in [0.25, 0.3) is 0 Å². The van der Waals surface area contributed by atoms with Gasteiger partial charge in [-0.25, -0.2) is 9.37 Å². The zero-order chi connectivity index (χ0) is 18.4. The van der Waals surface area contributed by atoms with Crippen LogP contribution in [0.2, 0.25) is 0 Å². The number of pyridine rings is 1. The average Bonchev–Trinajstić information content (AvgIpc) is 3.29. The van der Waals surface area contributed by atoms with Crippen LogP contribution in [0.4, 0.5) is 4.39 Å². The number of piperidine rings is 1. The largest absolute Gasteiger partial charge is 0.312 e. The van der Waals surface area contributed by atoms with E-state index in [0.717, 1.165) is 38.3 Å². The Morgan fingerprint density at radius 3 is 2.85 bits per heavy atom. The SMILES string of the molecule is O=c1c(CN2CC[C@@H](F)C2)ccc2n1C[C@H]1C[C@@H]2CN(Cc2nccs2)C1. The van der Waals surface area contributed by atoms with Crippen molar-refractivity contribution in [2.45, 2.75) is 44.6 Å². The molecule has 2 bridgehead atoms. The van der Waals surface area contributed by atoms with Crippen LogP contribution in [0.3, 0.4) is 0 Å². The maximum Gasteiger partial charge on any atom is 0.255 e. The van der Waals surface area contributed by atoms with Crippen molar-refractivity contribution in [1.82, 2.24) is 19.4 Å². The fourth-order valence-electron chi connectivity index (χ4n) is 5.03. The number of rotatable bonds is 4. The van der Waals surface area contributed by atoms with Crippen molar-refractivity contribution in [3.8, 4) is 0 Å². The summed E-state index contributed by atoms with van der Waals surface area (Å²) >= 11 is 1.71. The predicted molar refractivity (Wildman–Crippen MR) is 104 cm³/mol. The lowest BCUT2D eigenvalue weighted by molar-refractivity contribution is 0.114. The number of halogens is 1. The van der Waals surface area contributed by atoms with Gasteiger partial charge in [0.2, 0.25) is 0 Å². The molecule has 0 aliphatic carbocycles. The van der Waals surface area contributed by atoms with Gasteiger partial charge < -0.3 is 4.57 Å². The van der Waals surface area contributed by atoms with E-state index in [1.807, 2.05) is 22.2 Å². The molecule has 0 radical (unpaired) electrons. The van der Waals surface area contributed by atoms with Gasteiger partial charge in [0, 0.05) is 68.0 Å². The van der Waals surface area contributed by atoms with Crippen molar-refractivity contribution in [3.63, 3.8) is 0 Å². The third kappa shape index (κ3) is 3.48. The van der Waals surface area contributed by atoms with E-state index in [1.165, 1.54) is 17.1 Å². The molecule has 5 rings (SSSR count). The maximum atomic E-state index is 13.4. The third-order valence-electron chi connectivity index (χ3n) is 6.21. The summed E-state index contributed by atoms with van der Waals surface area (Å²) < 4.78 is 15.5. The smallest absolute Gasteiger partial charge is 0.255 e. The van der Waals surface area contributed by atoms with E-state index in [4.69, 9.17) is 0 Å². The first-order chi connectivity index (χ1) is 13.2. The second-order valence-corrected chi connectivity index (χ2v) is 9.22. The van der Waals surface area contributed by atoms with Gasteiger partial charge in [0.1, 0.15) is 11.2 Å². The zero-order valence-electron chi connectivity index (χ0n) is 15.4. The molecule has 0 saturated carbocycles. The summed E-state index contributed by atoms with van der Waals surface area (Å²) in [4.78, 5) is 22.0.